The molecule has 1 N–H and O–H groups in total. The number of methoxy groups -OCH3 is 1. The van der Waals surface area contributed by atoms with Crippen LogP contribution in [0.1, 0.15) is 11.6 Å². The fourth-order valence-electron chi connectivity index (χ4n) is 2.33. The van der Waals surface area contributed by atoms with Crippen molar-refractivity contribution in [2.45, 2.75) is 6.04 Å². The summed E-state index contributed by atoms with van der Waals surface area (Å²) in [4.78, 5) is 13.3. The lowest BCUT2D eigenvalue weighted by Gasteiger charge is -2.24. The Morgan fingerprint density at radius 1 is 1.25 bits per heavy atom. The van der Waals surface area contributed by atoms with E-state index in [0.29, 0.717) is 13.2 Å². The first-order chi connectivity index (χ1) is 9.63. The predicted octanol–water partition coefficient (Wildman–Crippen LogP) is 2.54. The summed E-state index contributed by atoms with van der Waals surface area (Å²) < 4.78 is 5.01. The fourth-order valence-corrected chi connectivity index (χ4v) is 2.33. The normalized spacial score (nSPS) is 12.8. The molecule has 0 aliphatic rings. The second-order valence-electron chi connectivity index (χ2n) is 4.82. The van der Waals surface area contributed by atoms with Crippen molar-refractivity contribution in [3.8, 4) is 0 Å². The summed E-state index contributed by atoms with van der Waals surface area (Å²) in [6.07, 6.45) is 0. The Labute approximate surface area is 118 Å². The van der Waals surface area contributed by atoms with Crippen molar-refractivity contribution in [2.75, 3.05) is 27.3 Å². The summed E-state index contributed by atoms with van der Waals surface area (Å²) in [5.41, 5.74) is 0.787. The first kappa shape index (κ1) is 14.5. The van der Waals surface area contributed by atoms with Gasteiger partial charge in [0.15, 0.2) is 0 Å². The number of aliphatic carboxylic acids is 1. The van der Waals surface area contributed by atoms with E-state index in [1.807, 2.05) is 42.5 Å². The number of carboxylic acids is 1. The van der Waals surface area contributed by atoms with Gasteiger partial charge in [-0.1, -0.05) is 36.4 Å². The van der Waals surface area contributed by atoms with E-state index < -0.39 is 12.0 Å². The molecule has 0 spiro atoms. The third-order valence-corrected chi connectivity index (χ3v) is 3.41. The van der Waals surface area contributed by atoms with Crippen molar-refractivity contribution in [3.63, 3.8) is 0 Å². The number of carbonyl (C=O) groups is 1. The summed E-state index contributed by atoms with van der Waals surface area (Å²) in [7, 11) is 3.41. The Morgan fingerprint density at radius 2 is 1.95 bits per heavy atom. The van der Waals surface area contributed by atoms with Gasteiger partial charge < -0.3 is 9.84 Å². The minimum atomic E-state index is -0.848. The minimum Gasteiger partial charge on any atom is -0.480 e. The van der Waals surface area contributed by atoms with Gasteiger partial charge in [-0.15, -0.1) is 0 Å². The molecule has 0 aromatic heterocycles. The van der Waals surface area contributed by atoms with E-state index >= 15 is 0 Å². The average Bonchev–Trinajstić information content (AvgIpc) is 2.44. The van der Waals surface area contributed by atoms with Gasteiger partial charge >= 0.3 is 5.97 Å². The topological polar surface area (TPSA) is 49.8 Å². The first-order valence-electron chi connectivity index (χ1n) is 6.54. The summed E-state index contributed by atoms with van der Waals surface area (Å²) in [5, 5.41) is 11.6. The number of rotatable bonds is 6. The number of hydrogen-bond acceptors (Lipinski definition) is 3. The van der Waals surface area contributed by atoms with E-state index in [2.05, 4.69) is 0 Å². The van der Waals surface area contributed by atoms with Gasteiger partial charge in [-0.2, -0.15) is 0 Å². The maximum atomic E-state index is 11.6. The van der Waals surface area contributed by atoms with Crippen LogP contribution in [0.25, 0.3) is 10.8 Å². The van der Waals surface area contributed by atoms with E-state index in [0.717, 1.165) is 16.3 Å². The Bertz CT molecular complexity index is 597. The molecule has 1 atom stereocenters. The molecule has 4 heteroatoms. The van der Waals surface area contributed by atoms with Crippen LogP contribution in [0.3, 0.4) is 0 Å². The maximum absolute atomic E-state index is 11.6. The minimum absolute atomic E-state index is 0.508. The molecule has 2 aromatic carbocycles. The Morgan fingerprint density at radius 3 is 2.60 bits per heavy atom. The van der Waals surface area contributed by atoms with Crippen LogP contribution in [0.15, 0.2) is 42.5 Å². The van der Waals surface area contributed by atoms with Crippen LogP contribution in [0.5, 0.6) is 0 Å². The summed E-state index contributed by atoms with van der Waals surface area (Å²) in [6, 6.07) is 13.1. The van der Waals surface area contributed by atoms with Gasteiger partial charge in [0.2, 0.25) is 0 Å². The first-order valence-corrected chi connectivity index (χ1v) is 6.54. The highest BCUT2D eigenvalue weighted by atomic mass is 16.5. The van der Waals surface area contributed by atoms with Crippen LogP contribution in [0, 0.1) is 0 Å². The highest BCUT2D eigenvalue weighted by Crippen LogP contribution is 2.24. The van der Waals surface area contributed by atoms with Crippen LogP contribution >= 0.6 is 0 Å². The van der Waals surface area contributed by atoms with Gasteiger partial charge in [-0.05, 0) is 29.4 Å². The quantitative estimate of drug-likeness (QED) is 0.878. The van der Waals surface area contributed by atoms with Gasteiger partial charge in [0.25, 0.3) is 0 Å². The molecule has 0 fully saturated rings. The van der Waals surface area contributed by atoms with E-state index in [1.54, 1.807) is 19.1 Å². The molecule has 4 nitrogen and oxygen atoms in total. The summed E-state index contributed by atoms with van der Waals surface area (Å²) in [5.74, 6) is -0.848. The van der Waals surface area contributed by atoms with Gasteiger partial charge in [-0.3, -0.25) is 9.69 Å². The third-order valence-electron chi connectivity index (χ3n) is 3.41. The average molecular weight is 273 g/mol. The van der Waals surface area contributed by atoms with E-state index in [4.69, 9.17) is 4.74 Å². The molecule has 0 aliphatic heterocycles. The molecule has 0 radical (unpaired) electrons. The number of hydrogen-bond donors (Lipinski definition) is 1. The van der Waals surface area contributed by atoms with Crippen molar-refractivity contribution < 1.29 is 14.6 Å². The summed E-state index contributed by atoms with van der Waals surface area (Å²) >= 11 is 0. The van der Waals surface area contributed by atoms with Crippen molar-refractivity contribution >= 4 is 16.7 Å². The molecule has 20 heavy (non-hydrogen) atoms. The molecule has 106 valence electrons. The van der Waals surface area contributed by atoms with E-state index in [1.165, 1.54) is 0 Å². The number of ether oxygens (including phenoxy) is 1. The number of carboxylic acid groups (broad SMARTS) is 1. The van der Waals surface area contributed by atoms with Crippen LogP contribution < -0.4 is 0 Å². The van der Waals surface area contributed by atoms with Crippen molar-refractivity contribution in [2.24, 2.45) is 0 Å². The highest BCUT2D eigenvalue weighted by molar-refractivity contribution is 5.85. The molecule has 0 unspecified atom stereocenters. The number of likely N-dealkylation sites (N-methyl/N-ethyl adjacent to an activating group) is 1. The number of fused-ring (bicyclic) bond motifs is 1. The van der Waals surface area contributed by atoms with Gasteiger partial charge in [-0.25, -0.2) is 0 Å². The largest absolute Gasteiger partial charge is 0.480 e. The van der Waals surface area contributed by atoms with Crippen molar-refractivity contribution in [1.82, 2.24) is 4.90 Å². The lowest BCUT2D eigenvalue weighted by Crippen LogP contribution is -2.33. The lowest BCUT2D eigenvalue weighted by molar-refractivity contribution is -0.143. The van der Waals surface area contributed by atoms with E-state index in [-0.39, 0.29) is 0 Å². The summed E-state index contributed by atoms with van der Waals surface area (Å²) in [6.45, 7) is 1.08. The van der Waals surface area contributed by atoms with Crippen molar-refractivity contribution in [3.05, 3.63) is 48.0 Å². The van der Waals surface area contributed by atoms with Gasteiger partial charge in [0, 0.05) is 13.7 Å². The molecule has 0 bridgehead atoms. The fraction of sp³-hybridized carbons (Fsp3) is 0.312. The Balaban J connectivity index is 2.33. The standard InChI is InChI=1S/C16H19NO3/c1-17(9-10-20-2)15(16(18)19)14-8-7-12-5-3-4-6-13(12)11-14/h3-8,11,15H,9-10H2,1-2H3,(H,18,19)/t15-/m0/s1. The smallest absolute Gasteiger partial charge is 0.325 e. The Kier molecular flexibility index (Phi) is 4.71. The van der Waals surface area contributed by atoms with Crippen LogP contribution in [0.4, 0.5) is 0 Å². The molecule has 2 aromatic rings. The highest BCUT2D eigenvalue weighted by Gasteiger charge is 2.24. The van der Waals surface area contributed by atoms with E-state index in [9.17, 15) is 9.90 Å². The zero-order valence-corrected chi connectivity index (χ0v) is 11.7. The molecular weight excluding hydrogens is 254 g/mol. The van der Waals surface area contributed by atoms with Crippen LogP contribution in [-0.4, -0.2) is 43.3 Å². The van der Waals surface area contributed by atoms with Crippen molar-refractivity contribution in [1.29, 1.82) is 0 Å². The second-order valence-corrected chi connectivity index (χ2v) is 4.82. The molecular formula is C16H19NO3. The Hall–Kier alpha value is -1.91. The molecule has 0 saturated heterocycles. The maximum Gasteiger partial charge on any atom is 0.325 e. The second kappa shape index (κ2) is 6.50. The predicted molar refractivity (Wildman–Crippen MR) is 78.8 cm³/mol. The number of nitrogens with zero attached hydrogens (tertiary/aromatic N) is 1. The molecule has 0 aliphatic carbocycles. The molecule has 0 saturated carbocycles. The zero-order chi connectivity index (χ0) is 14.5. The van der Waals surface area contributed by atoms with Crippen LogP contribution in [0.2, 0.25) is 0 Å². The molecule has 0 amide bonds. The monoisotopic (exact) mass is 273 g/mol. The molecule has 2 rings (SSSR count). The van der Waals surface area contributed by atoms with Gasteiger partial charge in [0.05, 0.1) is 6.61 Å². The zero-order valence-electron chi connectivity index (χ0n) is 11.7. The third kappa shape index (κ3) is 3.15. The van der Waals surface area contributed by atoms with Gasteiger partial charge in [0.1, 0.15) is 6.04 Å². The number of benzene rings is 2. The SMILES string of the molecule is COCCN(C)[C@H](C(=O)O)c1ccc2ccccc2c1. The molecule has 0 heterocycles. The lowest BCUT2D eigenvalue weighted by atomic mass is 10.0. The van der Waals surface area contributed by atoms with Crippen LogP contribution in [-0.2, 0) is 9.53 Å².